The lowest BCUT2D eigenvalue weighted by Crippen LogP contribution is -2.25. The highest BCUT2D eigenvalue weighted by molar-refractivity contribution is 5.80. The molecule has 10 heavy (non-hydrogen) atoms. The van der Waals surface area contributed by atoms with Gasteiger partial charge in [0.1, 0.15) is 5.78 Å². The normalized spacial score (nSPS) is 9.80. The van der Waals surface area contributed by atoms with Gasteiger partial charge in [0.05, 0.1) is 13.2 Å². The van der Waals surface area contributed by atoms with Crippen LogP contribution in [-0.4, -0.2) is 30.6 Å². The maximum Gasteiger partial charge on any atom is 0.146 e. The van der Waals surface area contributed by atoms with Crippen molar-refractivity contribution in [3.05, 3.63) is 0 Å². The van der Waals surface area contributed by atoms with Crippen molar-refractivity contribution in [1.29, 1.82) is 0 Å². The van der Waals surface area contributed by atoms with Crippen LogP contribution < -0.4 is 5.32 Å². The van der Waals surface area contributed by atoms with Crippen molar-refractivity contribution in [3.63, 3.8) is 0 Å². The van der Waals surface area contributed by atoms with Crippen LogP contribution in [-0.2, 0) is 4.79 Å². The molecule has 0 spiro atoms. The van der Waals surface area contributed by atoms with Crippen LogP contribution in [0.15, 0.2) is 0 Å². The molecule has 3 heteroatoms. The molecule has 0 saturated heterocycles. The van der Waals surface area contributed by atoms with Gasteiger partial charge in [0.2, 0.25) is 0 Å². The summed E-state index contributed by atoms with van der Waals surface area (Å²) in [7, 11) is 0. The van der Waals surface area contributed by atoms with Gasteiger partial charge in [-0.1, -0.05) is 6.92 Å². The Bertz CT molecular complexity index is 93.6. The first-order chi connectivity index (χ1) is 4.81. The summed E-state index contributed by atoms with van der Waals surface area (Å²) in [6, 6.07) is 0. The van der Waals surface area contributed by atoms with Crippen molar-refractivity contribution in [2.75, 3.05) is 19.7 Å². The lowest BCUT2D eigenvalue weighted by molar-refractivity contribution is -0.118. The van der Waals surface area contributed by atoms with Crippen LogP contribution in [0.2, 0.25) is 0 Å². The van der Waals surface area contributed by atoms with E-state index >= 15 is 0 Å². The Morgan fingerprint density at radius 1 is 1.60 bits per heavy atom. The Balaban J connectivity index is 3.05. The smallest absolute Gasteiger partial charge is 0.146 e. The molecule has 60 valence electrons. The van der Waals surface area contributed by atoms with E-state index in [0.717, 1.165) is 6.42 Å². The van der Waals surface area contributed by atoms with Crippen LogP contribution in [0.25, 0.3) is 0 Å². The predicted octanol–water partition coefficient (Wildman–Crippen LogP) is -0.0625. The summed E-state index contributed by atoms with van der Waals surface area (Å²) in [5, 5.41) is 11.2. The fraction of sp³-hybridized carbons (Fsp3) is 0.857. The first-order valence-corrected chi connectivity index (χ1v) is 3.64. The fourth-order valence-electron chi connectivity index (χ4n) is 0.674. The Kier molecular flexibility index (Phi) is 6.43. The number of rotatable bonds is 6. The fourth-order valence-corrected chi connectivity index (χ4v) is 0.674. The highest BCUT2D eigenvalue weighted by Crippen LogP contribution is 1.86. The molecule has 3 nitrogen and oxygen atoms in total. The SMILES string of the molecule is CCCC(=O)CNCCO. The summed E-state index contributed by atoms with van der Waals surface area (Å²) in [6.07, 6.45) is 1.54. The van der Waals surface area contributed by atoms with E-state index in [1.807, 2.05) is 6.92 Å². The monoisotopic (exact) mass is 145 g/mol. The summed E-state index contributed by atoms with van der Waals surface area (Å²) >= 11 is 0. The number of hydrogen-bond donors (Lipinski definition) is 2. The molecule has 0 atom stereocenters. The summed E-state index contributed by atoms with van der Waals surface area (Å²) in [4.78, 5) is 10.8. The number of Topliss-reactive ketones (excluding diaryl/α,β-unsaturated/α-hetero) is 1. The van der Waals surface area contributed by atoms with E-state index in [9.17, 15) is 4.79 Å². The van der Waals surface area contributed by atoms with Gasteiger partial charge in [0, 0.05) is 13.0 Å². The number of ketones is 1. The first-order valence-electron chi connectivity index (χ1n) is 3.64. The van der Waals surface area contributed by atoms with Gasteiger partial charge < -0.3 is 10.4 Å². The zero-order valence-electron chi connectivity index (χ0n) is 6.39. The first kappa shape index (κ1) is 9.59. The highest BCUT2D eigenvalue weighted by atomic mass is 16.3. The van der Waals surface area contributed by atoms with Gasteiger partial charge in [-0.05, 0) is 6.42 Å². The zero-order chi connectivity index (χ0) is 7.82. The van der Waals surface area contributed by atoms with Gasteiger partial charge in [0.15, 0.2) is 0 Å². The molecule has 0 aliphatic heterocycles. The standard InChI is InChI=1S/C7H15NO2/c1-2-3-7(10)6-8-4-5-9/h8-9H,2-6H2,1H3. The van der Waals surface area contributed by atoms with E-state index in [1.54, 1.807) is 0 Å². The molecule has 0 aliphatic rings. The molecule has 0 amide bonds. The van der Waals surface area contributed by atoms with Crippen LogP contribution in [0.5, 0.6) is 0 Å². The third-order valence-electron chi connectivity index (χ3n) is 1.14. The molecule has 0 aromatic heterocycles. The van der Waals surface area contributed by atoms with E-state index in [2.05, 4.69) is 5.32 Å². The molecule has 0 aromatic carbocycles. The second-order valence-electron chi connectivity index (χ2n) is 2.19. The summed E-state index contributed by atoms with van der Waals surface area (Å²) < 4.78 is 0. The molecule has 2 N–H and O–H groups in total. The number of hydrogen-bond acceptors (Lipinski definition) is 3. The van der Waals surface area contributed by atoms with Gasteiger partial charge in [-0.3, -0.25) is 4.79 Å². The van der Waals surface area contributed by atoms with E-state index < -0.39 is 0 Å². The Labute approximate surface area is 61.4 Å². The van der Waals surface area contributed by atoms with E-state index in [-0.39, 0.29) is 12.4 Å². The van der Waals surface area contributed by atoms with Gasteiger partial charge in [0.25, 0.3) is 0 Å². The zero-order valence-corrected chi connectivity index (χ0v) is 6.39. The van der Waals surface area contributed by atoms with Crippen molar-refractivity contribution < 1.29 is 9.90 Å². The molecule has 0 radical (unpaired) electrons. The third kappa shape index (κ3) is 5.72. The molecule has 0 bridgehead atoms. The number of carbonyl (C=O) groups is 1. The molecule has 0 unspecified atom stereocenters. The van der Waals surface area contributed by atoms with Crippen molar-refractivity contribution in [1.82, 2.24) is 5.32 Å². The molecule has 0 rings (SSSR count). The van der Waals surface area contributed by atoms with Crippen molar-refractivity contribution in [2.45, 2.75) is 19.8 Å². The molecule has 0 aliphatic carbocycles. The van der Waals surface area contributed by atoms with E-state index in [1.165, 1.54) is 0 Å². The third-order valence-corrected chi connectivity index (χ3v) is 1.14. The minimum Gasteiger partial charge on any atom is -0.395 e. The minimum absolute atomic E-state index is 0.0966. The highest BCUT2D eigenvalue weighted by Gasteiger charge is 1.96. The summed E-state index contributed by atoms with van der Waals surface area (Å²) in [5.41, 5.74) is 0. The van der Waals surface area contributed by atoms with Crippen molar-refractivity contribution in [2.24, 2.45) is 0 Å². The molecule has 0 fully saturated rings. The molecule has 0 saturated carbocycles. The lowest BCUT2D eigenvalue weighted by Gasteiger charge is -1.99. The second kappa shape index (κ2) is 6.71. The Morgan fingerprint density at radius 3 is 2.80 bits per heavy atom. The second-order valence-corrected chi connectivity index (χ2v) is 2.19. The topological polar surface area (TPSA) is 49.3 Å². The van der Waals surface area contributed by atoms with Gasteiger partial charge in [-0.15, -0.1) is 0 Å². The van der Waals surface area contributed by atoms with Crippen LogP contribution in [0.1, 0.15) is 19.8 Å². The van der Waals surface area contributed by atoms with Gasteiger partial charge in [-0.2, -0.15) is 0 Å². The Morgan fingerprint density at radius 2 is 2.30 bits per heavy atom. The van der Waals surface area contributed by atoms with Crippen molar-refractivity contribution in [3.8, 4) is 0 Å². The molecule has 0 aromatic rings. The van der Waals surface area contributed by atoms with Gasteiger partial charge in [-0.25, -0.2) is 0 Å². The van der Waals surface area contributed by atoms with E-state index in [4.69, 9.17) is 5.11 Å². The maximum atomic E-state index is 10.8. The quantitative estimate of drug-likeness (QED) is 0.515. The number of aliphatic hydroxyl groups is 1. The largest absolute Gasteiger partial charge is 0.395 e. The van der Waals surface area contributed by atoms with Crippen LogP contribution in [0.4, 0.5) is 0 Å². The molecular formula is C7H15NO2. The van der Waals surface area contributed by atoms with Crippen LogP contribution in [0.3, 0.4) is 0 Å². The predicted molar refractivity (Wildman–Crippen MR) is 39.9 cm³/mol. The molecular weight excluding hydrogens is 130 g/mol. The van der Waals surface area contributed by atoms with Crippen LogP contribution in [0, 0.1) is 0 Å². The maximum absolute atomic E-state index is 10.8. The average molecular weight is 145 g/mol. The van der Waals surface area contributed by atoms with Crippen LogP contribution >= 0.6 is 0 Å². The Hall–Kier alpha value is -0.410. The number of carbonyl (C=O) groups excluding carboxylic acids is 1. The summed E-state index contributed by atoms with van der Waals surface area (Å²) in [5.74, 6) is 0.218. The minimum atomic E-state index is 0.0966. The van der Waals surface area contributed by atoms with E-state index in [0.29, 0.717) is 19.5 Å². The average Bonchev–Trinajstić information content (AvgIpc) is 1.89. The molecule has 0 heterocycles. The number of aliphatic hydroxyl groups excluding tert-OH is 1. The number of nitrogens with one attached hydrogen (secondary N) is 1. The van der Waals surface area contributed by atoms with Crippen molar-refractivity contribution >= 4 is 5.78 Å². The lowest BCUT2D eigenvalue weighted by atomic mass is 10.2. The van der Waals surface area contributed by atoms with Gasteiger partial charge >= 0.3 is 0 Å². The summed E-state index contributed by atoms with van der Waals surface area (Å²) in [6.45, 7) is 2.98.